The summed E-state index contributed by atoms with van der Waals surface area (Å²) in [5.41, 5.74) is 1.84. The van der Waals surface area contributed by atoms with Crippen molar-refractivity contribution in [3.05, 3.63) is 59.7 Å². The lowest BCUT2D eigenvalue weighted by Gasteiger charge is -2.09. The van der Waals surface area contributed by atoms with Crippen LogP contribution in [0.1, 0.15) is 25.2 Å². The minimum Gasteiger partial charge on any atom is -0.487 e. The highest BCUT2D eigenvalue weighted by molar-refractivity contribution is 5.22. The lowest BCUT2D eigenvalue weighted by Crippen LogP contribution is -2.22. The lowest BCUT2D eigenvalue weighted by molar-refractivity contribution is 0.300. The molecule has 0 saturated carbocycles. The number of nitrogens with zero attached hydrogens (tertiary/aromatic N) is 1. The van der Waals surface area contributed by atoms with Crippen molar-refractivity contribution in [1.29, 1.82) is 0 Å². The van der Waals surface area contributed by atoms with Gasteiger partial charge in [0.15, 0.2) is 0 Å². The number of rotatable bonds is 6. The summed E-state index contributed by atoms with van der Waals surface area (Å²) in [4.78, 5) is 4.52. The maximum Gasteiger partial charge on any atom is 0.130 e. The van der Waals surface area contributed by atoms with Crippen molar-refractivity contribution in [2.24, 2.45) is 0 Å². The molecule has 0 aliphatic rings. The quantitative estimate of drug-likeness (QED) is 0.877. The number of halogens is 1. The summed E-state index contributed by atoms with van der Waals surface area (Å²) in [6.07, 6.45) is 0. The molecule has 4 heteroatoms. The van der Waals surface area contributed by atoms with Crippen LogP contribution in [0.2, 0.25) is 0 Å². The Bertz CT molecular complexity index is 540. The molecule has 1 heterocycles. The molecule has 3 nitrogen and oxygen atoms in total. The lowest BCUT2D eigenvalue weighted by atomic mass is 10.3. The number of pyridine rings is 1. The minimum atomic E-state index is -0.266. The largest absolute Gasteiger partial charge is 0.487 e. The maximum absolute atomic E-state index is 12.8. The Hall–Kier alpha value is -1.94. The molecule has 106 valence electrons. The third-order valence-corrected chi connectivity index (χ3v) is 2.76. The highest BCUT2D eigenvalue weighted by atomic mass is 19.1. The van der Waals surface area contributed by atoms with Crippen LogP contribution in [0.25, 0.3) is 0 Å². The molecule has 0 atom stereocenters. The fourth-order valence-electron chi connectivity index (χ4n) is 1.70. The van der Waals surface area contributed by atoms with E-state index in [4.69, 9.17) is 4.74 Å². The van der Waals surface area contributed by atoms with E-state index >= 15 is 0 Å². The fourth-order valence-corrected chi connectivity index (χ4v) is 1.70. The molecule has 20 heavy (non-hydrogen) atoms. The molecular weight excluding hydrogens is 255 g/mol. The van der Waals surface area contributed by atoms with Gasteiger partial charge in [0.05, 0.1) is 11.4 Å². The molecule has 0 amide bonds. The first-order valence-electron chi connectivity index (χ1n) is 6.70. The van der Waals surface area contributed by atoms with E-state index in [1.165, 1.54) is 12.1 Å². The van der Waals surface area contributed by atoms with Crippen molar-refractivity contribution in [3.63, 3.8) is 0 Å². The van der Waals surface area contributed by atoms with Gasteiger partial charge in [0.25, 0.3) is 0 Å². The summed E-state index contributed by atoms with van der Waals surface area (Å²) in [6, 6.07) is 12.3. The number of hydrogen-bond acceptors (Lipinski definition) is 3. The van der Waals surface area contributed by atoms with E-state index in [2.05, 4.69) is 24.1 Å². The smallest absolute Gasteiger partial charge is 0.130 e. The van der Waals surface area contributed by atoms with Crippen LogP contribution in [0.15, 0.2) is 42.5 Å². The second-order valence-electron chi connectivity index (χ2n) is 4.90. The Morgan fingerprint density at radius 2 is 1.80 bits per heavy atom. The minimum absolute atomic E-state index is 0.266. The van der Waals surface area contributed by atoms with Crippen LogP contribution in [-0.2, 0) is 13.2 Å². The summed E-state index contributed by atoms with van der Waals surface area (Å²) in [7, 11) is 0. The van der Waals surface area contributed by atoms with E-state index in [-0.39, 0.29) is 5.82 Å². The topological polar surface area (TPSA) is 34.1 Å². The highest BCUT2D eigenvalue weighted by Crippen LogP contribution is 2.13. The first-order chi connectivity index (χ1) is 9.63. The molecule has 1 aromatic carbocycles. The summed E-state index contributed by atoms with van der Waals surface area (Å²) in [5, 5.41) is 3.32. The third-order valence-electron chi connectivity index (χ3n) is 2.76. The molecule has 0 saturated heterocycles. The molecule has 1 N–H and O–H groups in total. The van der Waals surface area contributed by atoms with Gasteiger partial charge < -0.3 is 10.1 Å². The van der Waals surface area contributed by atoms with E-state index in [1.807, 2.05) is 18.2 Å². The Balaban J connectivity index is 1.92. The van der Waals surface area contributed by atoms with Crippen LogP contribution in [0, 0.1) is 5.82 Å². The van der Waals surface area contributed by atoms with Gasteiger partial charge in [0, 0.05) is 12.6 Å². The molecule has 0 aliphatic carbocycles. The molecule has 2 rings (SSSR count). The second kappa shape index (κ2) is 7.01. The standard InChI is InChI=1S/C16H19FN2O/c1-12(2)18-10-14-4-3-5-15(19-14)11-20-16-8-6-13(17)7-9-16/h3-9,12,18H,10-11H2,1-2H3. The van der Waals surface area contributed by atoms with Crippen molar-refractivity contribution in [1.82, 2.24) is 10.3 Å². The number of aromatic nitrogens is 1. The van der Waals surface area contributed by atoms with Gasteiger partial charge in [-0.3, -0.25) is 4.98 Å². The van der Waals surface area contributed by atoms with E-state index in [9.17, 15) is 4.39 Å². The Morgan fingerprint density at radius 1 is 1.10 bits per heavy atom. The number of benzene rings is 1. The van der Waals surface area contributed by atoms with Gasteiger partial charge in [0.2, 0.25) is 0 Å². The first kappa shape index (κ1) is 14.5. The van der Waals surface area contributed by atoms with Crippen molar-refractivity contribution >= 4 is 0 Å². The Labute approximate surface area is 118 Å². The van der Waals surface area contributed by atoms with Crippen molar-refractivity contribution < 1.29 is 9.13 Å². The van der Waals surface area contributed by atoms with Crippen LogP contribution in [0.3, 0.4) is 0 Å². The van der Waals surface area contributed by atoms with E-state index < -0.39 is 0 Å². The highest BCUT2D eigenvalue weighted by Gasteiger charge is 2.01. The first-order valence-corrected chi connectivity index (χ1v) is 6.70. The van der Waals surface area contributed by atoms with Crippen LogP contribution >= 0.6 is 0 Å². The van der Waals surface area contributed by atoms with E-state index in [0.29, 0.717) is 18.4 Å². The number of hydrogen-bond donors (Lipinski definition) is 1. The number of ether oxygens (including phenoxy) is 1. The van der Waals surface area contributed by atoms with Crippen LogP contribution in [0.4, 0.5) is 4.39 Å². The average molecular weight is 274 g/mol. The average Bonchev–Trinajstić information content (AvgIpc) is 2.45. The van der Waals surface area contributed by atoms with Crippen molar-refractivity contribution in [3.8, 4) is 5.75 Å². The molecule has 0 spiro atoms. The summed E-state index contributed by atoms with van der Waals surface area (Å²) in [5.74, 6) is 0.371. The molecule has 1 aromatic heterocycles. The predicted molar refractivity (Wildman–Crippen MR) is 76.9 cm³/mol. The monoisotopic (exact) mass is 274 g/mol. The summed E-state index contributed by atoms with van der Waals surface area (Å²) in [6.45, 7) is 5.31. The van der Waals surface area contributed by atoms with Gasteiger partial charge in [0.1, 0.15) is 18.2 Å². The molecule has 2 aromatic rings. The predicted octanol–water partition coefficient (Wildman–Crippen LogP) is 3.30. The number of nitrogens with one attached hydrogen (secondary N) is 1. The summed E-state index contributed by atoms with van der Waals surface area (Å²) < 4.78 is 18.4. The van der Waals surface area contributed by atoms with E-state index in [1.54, 1.807) is 12.1 Å². The van der Waals surface area contributed by atoms with Crippen LogP contribution < -0.4 is 10.1 Å². The fraction of sp³-hybridized carbons (Fsp3) is 0.312. The zero-order valence-electron chi connectivity index (χ0n) is 11.8. The zero-order valence-corrected chi connectivity index (χ0v) is 11.8. The Kier molecular flexibility index (Phi) is 5.07. The van der Waals surface area contributed by atoms with Gasteiger partial charge in [-0.1, -0.05) is 19.9 Å². The van der Waals surface area contributed by atoms with Crippen LogP contribution in [0.5, 0.6) is 5.75 Å². The Morgan fingerprint density at radius 3 is 2.50 bits per heavy atom. The summed E-state index contributed by atoms with van der Waals surface area (Å²) >= 11 is 0. The molecule has 0 bridgehead atoms. The third kappa shape index (κ3) is 4.63. The molecule has 0 unspecified atom stereocenters. The molecule has 0 radical (unpaired) electrons. The molecular formula is C16H19FN2O. The molecule has 0 aliphatic heterocycles. The maximum atomic E-state index is 12.8. The van der Waals surface area contributed by atoms with Gasteiger partial charge in [-0.2, -0.15) is 0 Å². The zero-order chi connectivity index (χ0) is 14.4. The van der Waals surface area contributed by atoms with Crippen molar-refractivity contribution in [2.45, 2.75) is 33.0 Å². The van der Waals surface area contributed by atoms with E-state index in [0.717, 1.165) is 17.9 Å². The van der Waals surface area contributed by atoms with Gasteiger partial charge in [-0.15, -0.1) is 0 Å². The SMILES string of the molecule is CC(C)NCc1cccc(COc2ccc(F)cc2)n1. The molecule has 0 fully saturated rings. The second-order valence-corrected chi connectivity index (χ2v) is 4.90. The van der Waals surface area contributed by atoms with Crippen LogP contribution in [-0.4, -0.2) is 11.0 Å². The van der Waals surface area contributed by atoms with Gasteiger partial charge >= 0.3 is 0 Å². The van der Waals surface area contributed by atoms with Gasteiger partial charge in [-0.25, -0.2) is 4.39 Å². The van der Waals surface area contributed by atoms with Crippen molar-refractivity contribution in [2.75, 3.05) is 0 Å². The van der Waals surface area contributed by atoms with Gasteiger partial charge in [-0.05, 0) is 36.4 Å². The normalized spacial score (nSPS) is 10.8.